The van der Waals surface area contributed by atoms with Crippen LogP contribution in [0.3, 0.4) is 0 Å². The molecule has 9 heteroatoms. The Balaban J connectivity index is 1.59. The van der Waals surface area contributed by atoms with Gasteiger partial charge in [0.2, 0.25) is 15.9 Å². The van der Waals surface area contributed by atoms with Gasteiger partial charge in [0.25, 0.3) is 0 Å². The maximum Gasteiger partial charge on any atom is 0.241 e. The second kappa shape index (κ2) is 9.30. The van der Waals surface area contributed by atoms with Crippen molar-refractivity contribution in [3.63, 3.8) is 0 Å². The fourth-order valence-corrected chi connectivity index (χ4v) is 5.12. The van der Waals surface area contributed by atoms with Gasteiger partial charge in [-0.3, -0.25) is 4.79 Å². The lowest BCUT2D eigenvalue weighted by Gasteiger charge is -2.36. The summed E-state index contributed by atoms with van der Waals surface area (Å²) < 4.78 is 46.7. The van der Waals surface area contributed by atoms with Crippen molar-refractivity contribution < 1.29 is 27.4 Å². The number of halogens is 1. The molecule has 0 unspecified atom stereocenters. The maximum atomic E-state index is 13.4. The topological polar surface area (TPSA) is 95.9 Å². The molecule has 2 aliphatic rings. The van der Waals surface area contributed by atoms with Gasteiger partial charge in [-0.2, -0.15) is 0 Å². The SMILES string of the molecule is O=C(C[C@@H]1CC[C@@H](NS(=O)(=O)c2cccc(F)c2)[C@@H](CO)O1)N1CCCCC1. The zero-order valence-corrected chi connectivity index (χ0v) is 16.5. The standard InChI is InChI=1S/C19H27FN2O5S/c20-14-5-4-6-16(11-14)28(25,26)21-17-8-7-15(27-18(17)13-23)12-19(24)22-9-2-1-3-10-22/h4-6,11,15,17-18,21,23H,1-3,7-10,12-13H2/t15-,17+,18+/m0/s1. The molecule has 1 aromatic carbocycles. The highest BCUT2D eigenvalue weighted by Crippen LogP contribution is 2.25. The lowest BCUT2D eigenvalue weighted by molar-refractivity contribution is -0.140. The van der Waals surface area contributed by atoms with E-state index in [1.165, 1.54) is 18.2 Å². The first-order valence-corrected chi connectivity index (χ1v) is 11.2. The van der Waals surface area contributed by atoms with E-state index in [1.54, 1.807) is 0 Å². The lowest BCUT2D eigenvalue weighted by Crippen LogP contribution is -2.51. The lowest BCUT2D eigenvalue weighted by atomic mass is 9.97. The first kappa shape index (κ1) is 21.2. The molecule has 0 spiro atoms. The normalized spacial score (nSPS) is 26.2. The predicted molar refractivity (Wildman–Crippen MR) is 101 cm³/mol. The van der Waals surface area contributed by atoms with Gasteiger partial charge in [-0.25, -0.2) is 17.5 Å². The molecule has 0 bridgehead atoms. The summed E-state index contributed by atoms with van der Waals surface area (Å²) in [5.41, 5.74) is 0. The van der Waals surface area contributed by atoms with Gasteiger partial charge in [-0.15, -0.1) is 0 Å². The summed E-state index contributed by atoms with van der Waals surface area (Å²) in [5, 5.41) is 9.66. The van der Waals surface area contributed by atoms with E-state index < -0.39 is 28.0 Å². The Bertz CT molecular complexity index is 782. The molecule has 1 aromatic rings. The first-order valence-electron chi connectivity index (χ1n) is 9.71. The zero-order chi connectivity index (χ0) is 20.1. The summed E-state index contributed by atoms with van der Waals surface area (Å²) in [6, 6.07) is 4.11. The molecule has 3 atom stereocenters. The highest BCUT2D eigenvalue weighted by atomic mass is 32.2. The summed E-state index contributed by atoms with van der Waals surface area (Å²) >= 11 is 0. The minimum absolute atomic E-state index is 0.0418. The molecule has 156 valence electrons. The van der Waals surface area contributed by atoms with Crippen LogP contribution in [0.5, 0.6) is 0 Å². The number of carbonyl (C=O) groups is 1. The van der Waals surface area contributed by atoms with Crippen molar-refractivity contribution in [3.05, 3.63) is 30.1 Å². The number of ether oxygens (including phenoxy) is 1. The fraction of sp³-hybridized carbons (Fsp3) is 0.632. The van der Waals surface area contributed by atoms with Crippen LogP contribution in [0, 0.1) is 5.82 Å². The number of amides is 1. The van der Waals surface area contributed by atoms with Crippen molar-refractivity contribution >= 4 is 15.9 Å². The van der Waals surface area contributed by atoms with Crippen LogP contribution in [0.4, 0.5) is 4.39 Å². The number of nitrogens with one attached hydrogen (secondary N) is 1. The van der Waals surface area contributed by atoms with Crippen molar-refractivity contribution in [2.24, 2.45) is 0 Å². The molecule has 1 amide bonds. The minimum atomic E-state index is -3.94. The van der Waals surface area contributed by atoms with Gasteiger partial charge in [-0.1, -0.05) is 6.07 Å². The number of rotatable bonds is 6. The summed E-state index contributed by atoms with van der Waals surface area (Å²) in [5.74, 6) is -0.599. The number of aliphatic hydroxyl groups is 1. The van der Waals surface area contributed by atoms with Crippen LogP contribution in [0.2, 0.25) is 0 Å². The summed E-state index contributed by atoms with van der Waals surface area (Å²) in [4.78, 5) is 14.1. The Labute approximate surface area is 164 Å². The largest absolute Gasteiger partial charge is 0.394 e. The van der Waals surface area contributed by atoms with Gasteiger partial charge in [0.05, 0.1) is 36.2 Å². The third kappa shape index (κ3) is 5.28. The van der Waals surface area contributed by atoms with Gasteiger partial charge >= 0.3 is 0 Å². The number of aliphatic hydroxyl groups excluding tert-OH is 1. The van der Waals surface area contributed by atoms with Crippen molar-refractivity contribution in [1.82, 2.24) is 9.62 Å². The summed E-state index contributed by atoms with van der Waals surface area (Å²) in [6.45, 7) is 1.17. The maximum absolute atomic E-state index is 13.4. The number of likely N-dealkylation sites (tertiary alicyclic amines) is 1. The van der Waals surface area contributed by atoms with Gasteiger partial charge in [0, 0.05) is 13.1 Å². The second-order valence-corrected chi connectivity index (χ2v) is 9.10. The highest BCUT2D eigenvalue weighted by molar-refractivity contribution is 7.89. The molecule has 2 N–H and O–H groups in total. The molecule has 2 heterocycles. The fourth-order valence-electron chi connectivity index (χ4n) is 3.79. The smallest absolute Gasteiger partial charge is 0.241 e. The Morgan fingerprint density at radius 1 is 1.25 bits per heavy atom. The van der Waals surface area contributed by atoms with Crippen LogP contribution < -0.4 is 4.72 Å². The quantitative estimate of drug-likeness (QED) is 0.734. The van der Waals surface area contributed by atoms with E-state index in [9.17, 15) is 22.7 Å². The Hall–Kier alpha value is -1.55. The molecular formula is C19H27FN2O5S. The number of hydrogen-bond donors (Lipinski definition) is 2. The van der Waals surface area contributed by atoms with Crippen LogP contribution in [0.15, 0.2) is 29.2 Å². The van der Waals surface area contributed by atoms with Crippen molar-refractivity contribution in [2.45, 2.75) is 61.7 Å². The van der Waals surface area contributed by atoms with Crippen molar-refractivity contribution in [3.8, 4) is 0 Å². The molecular weight excluding hydrogens is 387 g/mol. The van der Waals surface area contributed by atoms with Crippen molar-refractivity contribution in [1.29, 1.82) is 0 Å². The molecule has 2 saturated heterocycles. The molecule has 0 aliphatic carbocycles. The number of benzene rings is 1. The second-order valence-electron chi connectivity index (χ2n) is 7.39. The van der Waals surface area contributed by atoms with E-state index >= 15 is 0 Å². The van der Waals surface area contributed by atoms with Crippen LogP contribution in [-0.2, 0) is 19.6 Å². The highest BCUT2D eigenvalue weighted by Gasteiger charge is 2.35. The Morgan fingerprint density at radius 2 is 2.00 bits per heavy atom. The predicted octanol–water partition coefficient (Wildman–Crippen LogP) is 1.42. The minimum Gasteiger partial charge on any atom is -0.394 e. The van der Waals surface area contributed by atoms with Crippen LogP contribution in [0.1, 0.15) is 38.5 Å². The van der Waals surface area contributed by atoms with Crippen LogP contribution in [-0.4, -0.2) is 62.3 Å². The third-order valence-electron chi connectivity index (χ3n) is 5.32. The van der Waals surface area contributed by atoms with E-state index in [0.29, 0.717) is 12.8 Å². The number of piperidine rings is 1. The molecule has 0 saturated carbocycles. The van der Waals surface area contributed by atoms with E-state index in [2.05, 4.69) is 4.72 Å². The number of sulfonamides is 1. The summed E-state index contributed by atoms with van der Waals surface area (Å²) in [6.07, 6.45) is 3.24. The van der Waals surface area contributed by atoms with Gasteiger partial charge < -0.3 is 14.7 Å². The molecule has 2 fully saturated rings. The Kier molecular flexibility index (Phi) is 7.03. The summed E-state index contributed by atoms with van der Waals surface area (Å²) in [7, 11) is -3.94. The molecule has 28 heavy (non-hydrogen) atoms. The Morgan fingerprint density at radius 3 is 2.68 bits per heavy atom. The van der Waals surface area contributed by atoms with Crippen LogP contribution >= 0.6 is 0 Å². The van der Waals surface area contributed by atoms with E-state index in [-0.39, 0.29) is 29.9 Å². The van der Waals surface area contributed by atoms with Crippen LogP contribution in [0.25, 0.3) is 0 Å². The van der Waals surface area contributed by atoms with Gasteiger partial charge in [0.15, 0.2) is 0 Å². The van der Waals surface area contributed by atoms with Crippen molar-refractivity contribution in [2.75, 3.05) is 19.7 Å². The number of nitrogens with zero attached hydrogens (tertiary/aromatic N) is 1. The average Bonchev–Trinajstić information content (AvgIpc) is 2.69. The number of carbonyl (C=O) groups excluding carboxylic acids is 1. The first-order chi connectivity index (χ1) is 13.4. The van der Waals surface area contributed by atoms with E-state index in [4.69, 9.17) is 4.74 Å². The average molecular weight is 414 g/mol. The zero-order valence-electron chi connectivity index (χ0n) is 15.7. The molecule has 0 aromatic heterocycles. The molecule has 0 radical (unpaired) electrons. The van der Waals surface area contributed by atoms with E-state index in [0.717, 1.165) is 38.4 Å². The monoisotopic (exact) mass is 414 g/mol. The number of hydrogen-bond acceptors (Lipinski definition) is 5. The van der Waals surface area contributed by atoms with Gasteiger partial charge in [0.1, 0.15) is 5.82 Å². The van der Waals surface area contributed by atoms with E-state index in [1.807, 2.05) is 4.90 Å². The molecule has 7 nitrogen and oxygen atoms in total. The molecule has 3 rings (SSSR count). The molecule has 2 aliphatic heterocycles. The van der Waals surface area contributed by atoms with Gasteiger partial charge in [-0.05, 0) is 50.3 Å². The third-order valence-corrected chi connectivity index (χ3v) is 6.81.